The Kier molecular flexibility index (Phi) is 7.99. The zero-order valence-electron chi connectivity index (χ0n) is 14.7. The van der Waals surface area contributed by atoms with Gasteiger partial charge in [-0.3, -0.25) is 0 Å². The normalized spacial score (nSPS) is 12.5. The predicted molar refractivity (Wildman–Crippen MR) is 141 cm³/mol. The molecule has 0 fully saturated rings. The maximum absolute atomic E-state index is 6.13. The van der Waals surface area contributed by atoms with Crippen molar-refractivity contribution in [2.24, 2.45) is 0 Å². The maximum atomic E-state index is 6.13. The molecule has 0 atom stereocenters. The summed E-state index contributed by atoms with van der Waals surface area (Å²) in [6.07, 6.45) is 0. The average Bonchev–Trinajstić information content (AvgIpc) is 2.68. The van der Waals surface area contributed by atoms with Gasteiger partial charge in [-0.05, 0) is 52.0 Å². The van der Waals surface area contributed by atoms with E-state index < -0.39 is 20.8 Å². The number of halogens is 7. The lowest BCUT2D eigenvalue weighted by Gasteiger charge is -2.26. The summed E-state index contributed by atoms with van der Waals surface area (Å²) in [7, 11) is -0.742. The fourth-order valence-electron chi connectivity index (χ4n) is 2.78. The van der Waals surface area contributed by atoms with Crippen molar-refractivity contribution in [1.29, 1.82) is 0 Å². The van der Waals surface area contributed by atoms with Crippen LogP contribution in [-0.4, -0.2) is 20.8 Å². The Morgan fingerprint density at radius 3 is 1.10 bits per heavy atom. The fourth-order valence-corrected chi connectivity index (χ4v) is 7.09. The second kappa shape index (κ2) is 9.74. The van der Waals surface area contributed by atoms with Crippen LogP contribution in [0.3, 0.4) is 0 Å². The van der Waals surface area contributed by atoms with Gasteiger partial charge in [-0.25, -0.2) is 0 Å². The van der Waals surface area contributed by atoms with Gasteiger partial charge in [-0.1, -0.05) is 36.4 Å². The summed E-state index contributed by atoms with van der Waals surface area (Å²) in [5, 5.41) is 2.63. The van der Waals surface area contributed by atoms with Gasteiger partial charge in [0.15, 0.2) is 8.83 Å². The topological polar surface area (TPSA) is 3.24 Å². The quantitative estimate of drug-likeness (QED) is 0.264. The number of nitrogens with zero attached hydrogens (tertiary/aromatic N) is 1. The third kappa shape index (κ3) is 6.10. The van der Waals surface area contributed by atoms with Crippen LogP contribution < -0.4 is 20.5 Å². The van der Waals surface area contributed by atoms with Crippen LogP contribution in [0, 0.1) is 0 Å². The Morgan fingerprint density at radius 2 is 0.828 bits per heavy atom. The summed E-state index contributed by atoms with van der Waals surface area (Å²) in [6, 6.07) is 17.4. The molecule has 3 rings (SSSR count). The fraction of sp³-hybridized carbons (Fsp3) is 0. The molecule has 0 aliphatic carbocycles. The first-order valence-electron chi connectivity index (χ1n) is 8.39. The van der Waals surface area contributed by atoms with E-state index in [4.69, 9.17) is 77.6 Å². The molecule has 0 saturated carbocycles. The summed E-state index contributed by atoms with van der Waals surface area (Å²) in [5.74, 6) is 0. The van der Waals surface area contributed by atoms with Crippen molar-refractivity contribution in [1.82, 2.24) is 0 Å². The van der Waals surface area contributed by atoms with Crippen molar-refractivity contribution in [2.45, 2.75) is 0 Å². The van der Waals surface area contributed by atoms with E-state index in [-0.39, 0.29) is 0 Å². The van der Waals surface area contributed by atoms with Crippen LogP contribution >= 0.6 is 77.6 Å². The number of hydrogen-bond acceptors (Lipinski definition) is 1. The lowest BCUT2D eigenvalue weighted by atomic mass is 10.2. The Balaban J connectivity index is 2.06. The molecule has 0 aliphatic rings. The van der Waals surface area contributed by atoms with Gasteiger partial charge < -0.3 is 4.90 Å². The average molecular weight is 577 g/mol. The molecule has 0 spiro atoms. The SMILES string of the molecule is Cl[SiH2]c1ccc(N(c2ccc([Si](Cl)(Cl)Cl)cc2)c2ccc([Si](Cl)(Cl)Cl)cc2)cc1. The Morgan fingerprint density at radius 1 is 0.517 bits per heavy atom. The molecule has 0 saturated heterocycles. The molecule has 0 unspecified atom stereocenters. The first-order chi connectivity index (χ1) is 13.6. The van der Waals surface area contributed by atoms with Gasteiger partial charge in [-0.15, -0.1) is 66.5 Å². The highest BCUT2D eigenvalue weighted by atomic mass is 35.8. The van der Waals surface area contributed by atoms with E-state index in [0.717, 1.165) is 27.4 Å². The third-order valence-corrected chi connectivity index (χ3v) is 11.9. The first kappa shape index (κ1) is 23.8. The van der Waals surface area contributed by atoms with Crippen molar-refractivity contribution in [3.63, 3.8) is 0 Å². The molecule has 3 aromatic carbocycles. The monoisotopic (exact) mass is 573 g/mol. The van der Waals surface area contributed by atoms with Crippen molar-refractivity contribution in [3.8, 4) is 0 Å². The van der Waals surface area contributed by atoms with Gasteiger partial charge in [0.2, 0.25) is 0 Å². The van der Waals surface area contributed by atoms with E-state index in [1.807, 2.05) is 72.8 Å². The smallest absolute Gasteiger partial charge is 0.311 e. The number of rotatable bonds is 6. The zero-order valence-corrected chi connectivity index (χ0v) is 23.4. The predicted octanol–water partition coefficient (Wildman–Crippen LogP) is 5.83. The first-order valence-corrected chi connectivity index (χ1v) is 21.3. The van der Waals surface area contributed by atoms with E-state index in [0.29, 0.717) is 0 Å². The van der Waals surface area contributed by atoms with Crippen LogP contribution in [0.25, 0.3) is 0 Å². The molecule has 0 aliphatic heterocycles. The van der Waals surface area contributed by atoms with Crippen LogP contribution in [0.2, 0.25) is 0 Å². The van der Waals surface area contributed by atoms with Gasteiger partial charge in [0.1, 0.15) is 0 Å². The van der Waals surface area contributed by atoms with Crippen LogP contribution in [0.15, 0.2) is 72.8 Å². The summed E-state index contributed by atoms with van der Waals surface area (Å²) in [6.45, 7) is 0. The van der Waals surface area contributed by atoms with Crippen LogP contribution in [0.4, 0.5) is 17.1 Å². The summed E-state index contributed by atoms with van der Waals surface area (Å²) in [4.78, 5) is 2.09. The summed E-state index contributed by atoms with van der Waals surface area (Å²) in [5.41, 5.74) is 2.82. The molecule has 3 aromatic rings. The minimum atomic E-state index is -2.94. The largest absolute Gasteiger partial charge is 0.372 e. The van der Waals surface area contributed by atoms with E-state index >= 15 is 0 Å². The van der Waals surface area contributed by atoms with E-state index in [1.165, 1.54) is 5.19 Å². The molecule has 1 nitrogen and oxygen atoms in total. The molecule has 11 heteroatoms. The summed E-state index contributed by atoms with van der Waals surface area (Å²) >= 11 is 42.9. The Bertz CT molecular complexity index is 896. The minimum Gasteiger partial charge on any atom is -0.311 e. The highest BCUT2D eigenvalue weighted by molar-refractivity contribution is 7.70. The van der Waals surface area contributed by atoms with Crippen LogP contribution in [0.5, 0.6) is 0 Å². The second-order valence-corrected chi connectivity index (χ2v) is 24.9. The molecule has 0 bridgehead atoms. The van der Waals surface area contributed by atoms with Gasteiger partial charge in [0.05, 0.1) is 0 Å². The number of benzene rings is 3. The van der Waals surface area contributed by atoms with Gasteiger partial charge in [0, 0.05) is 17.1 Å². The van der Waals surface area contributed by atoms with Crippen molar-refractivity contribution < 1.29 is 0 Å². The van der Waals surface area contributed by atoms with Crippen molar-refractivity contribution >= 4 is 131 Å². The molecule has 0 N–H and O–H groups in total. The van der Waals surface area contributed by atoms with E-state index in [1.54, 1.807) is 0 Å². The van der Waals surface area contributed by atoms with E-state index in [9.17, 15) is 0 Å². The van der Waals surface area contributed by atoms with Crippen molar-refractivity contribution in [3.05, 3.63) is 72.8 Å². The third-order valence-electron chi connectivity index (χ3n) is 4.25. The maximum Gasteiger partial charge on any atom is 0.372 e. The lowest BCUT2D eigenvalue weighted by molar-refractivity contribution is 1.29. The highest BCUT2D eigenvalue weighted by Crippen LogP contribution is 2.34. The second-order valence-electron chi connectivity index (χ2n) is 6.22. The van der Waals surface area contributed by atoms with Gasteiger partial charge in [0.25, 0.3) is 0 Å². The molecule has 0 heterocycles. The highest BCUT2D eigenvalue weighted by Gasteiger charge is 2.29. The van der Waals surface area contributed by atoms with Gasteiger partial charge in [-0.2, -0.15) is 11.1 Å². The number of anilines is 3. The summed E-state index contributed by atoms with van der Waals surface area (Å²) < 4.78 is 0. The molecule has 29 heavy (non-hydrogen) atoms. The van der Waals surface area contributed by atoms with Gasteiger partial charge >= 0.3 is 12.0 Å². The molecular formula is C18H14Cl7NSi3. The van der Waals surface area contributed by atoms with E-state index in [2.05, 4.69) is 4.90 Å². The molecule has 0 radical (unpaired) electrons. The molecular weight excluding hydrogens is 563 g/mol. The Labute approximate surface area is 207 Å². The standard InChI is InChI=1S/C18H14Cl7NSi3/c19-27-16-7-1-13(2-8-16)26(14-3-9-17(10-4-14)28(20,21)22)15-5-11-18(12-6-15)29(23,24)25/h1-12H,27H2. The van der Waals surface area contributed by atoms with Crippen LogP contribution in [-0.2, 0) is 0 Å². The van der Waals surface area contributed by atoms with Crippen molar-refractivity contribution in [2.75, 3.05) is 4.90 Å². The molecule has 152 valence electrons. The molecule has 0 aromatic heterocycles. The Hall–Kier alpha value is 0.141. The number of hydrogen-bond donors (Lipinski definition) is 0. The zero-order chi connectivity index (χ0) is 21.2. The van der Waals surface area contributed by atoms with Crippen LogP contribution in [0.1, 0.15) is 0 Å². The molecule has 0 amide bonds. The lowest BCUT2D eigenvalue weighted by Crippen LogP contribution is -2.30. The minimum absolute atomic E-state index is 0.729.